The van der Waals surface area contributed by atoms with Crippen LogP contribution in [0.4, 0.5) is 5.69 Å². The smallest absolute Gasteiger partial charge is 0.331 e. The second kappa shape index (κ2) is 7.65. The van der Waals surface area contributed by atoms with Crippen LogP contribution in [-0.4, -0.2) is 35.7 Å². The number of amides is 1. The number of nitrogens with one attached hydrogen (secondary N) is 1. The maximum atomic E-state index is 11.8. The highest BCUT2D eigenvalue weighted by molar-refractivity contribution is 5.91. The van der Waals surface area contributed by atoms with E-state index in [9.17, 15) is 19.7 Å². The molecule has 9 nitrogen and oxygen atoms in total. The lowest BCUT2D eigenvalue weighted by atomic mass is 10.1. The molecule has 0 unspecified atom stereocenters. The number of hydrogen-bond donors (Lipinski definition) is 1. The fourth-order valence-corrected chi connectivity index (χ4v) is 2.07. The molecular weight excluding hydrogens is 332 g/mol. The average molecular weight is 350 g/mol. The van der Waals surface area contributed by atoms with Gasteiger partial charge in [-0.3, -0.25) is 14.9 Å². The Morgan fingerprint density at radius 3 is 2.52 bits per heavy atom. The number of carbonyl (C=O) groups is 2. The number of hydrogen-bond acceptors (Lipinski definition) is 7. The van der Waals surface area contributed by atoms with Crippen LogP contribution in [0.2, 0.25) is 0 Å². The zero-order valence-electron chi connectivity index (χ0n) is 14.0. The predicted molar refractivity (Wildman–Crippen MR) is 87.1 cm³/mol. The zero-order valence-corrected chi connectivity index (χ0v) is 14.0. The quantitative estimate of drug-likeness (QED) is 0.360. The van der Waals surface area contributed by atoms with Crippen molar-refractivity contribution in [2.75, 3.05) is 6.79 Å². The van der Waals surface area contributed by atoms with E-state index in [2.05, 4.69) is 5.32 Å². The number of nitro benzene ring substituents is 1. The van der Waals surface area contributed by atoms with Crippen molar-refractivity contribution in [1.82, 2.24) is 5.32 Å². The van der Waals surface area contributed by atoms with Crippen LogP contribution in [-0.2, 0) is 14.3 Å². The first-order valence-electron chi connectivity index (χ1n) is 7.55. The summed E-state index contributed by atoms with van der Waals surface area (Å²) in [5.74, 6) is -0.599. The number of carbonyl (C=O) groups excluding carboxylic acids is 2. The topological polar surface area (TPSA) is 117 Å². The highest BCUT2D eigenvalue weighted by Crippen LogP contribution is 2.38. The van der Waals surface area contributed by atoms with Gasteiger partial charge in [0.05, 0.1) is 16.6 Å². The third-order valence-electron chi connectivity index (χ3n) is 3.21. The summed E-state index contributed by atoms with van der Waals surface area (Å²) in [7, 11) is 0. The summed E-state index contributed by atoms with van der Waals surface area (Å²) in [6.45, 7) is 4.98. The summed E-state index contributed by atoms with van der Waals surface area (Å²) in [6.07, 6.45) is 1.27. The van der Waals surface area contributed by atoms with Crippen molar-refractivity contribution in [3.8, 4) is 11.5 Å². The molecule has 1 aliphatic rings. The third kappa shape index (κ3) is 4.69. The lowest BCUT2D eigenvalue weighted by molar-refractivity contribution is -0.385. The highest BCUT2D eigenvalue weighted by atomic mass is 16.7. The summed E-state index contributed by atoms with van der Waals surface area (Å²) >= 11 is 0. The third-order valence-corrected chi connectivity index (χ3v) is 3.21. The van der Waals surface area contributed by atoms with E-state index in [-0.39, 0.29) is 29.8 Å². The number of esters is 1. The number of nitrogens with zero attached hydrogens (tertiary/aromatic N) is 1. The summed E-state index contributed by atoms with van der Waals surface area (Å²) in [6, 6.07) is 2.55. The molecule has 1 heterocycles. The standard InChI is InChI=1S/C16H18N2O7/c1-9(2)17-16(20)10(3)25-15(19)5-4-11-6-13-14(24-8-23-13)7-12(11)18(21)22/h4-7,9-10H,8H2,1-3H3,(H,17,20)/b5-4+/t10-/m0/s1. The molecule has 0 fully saturated rings. The van der Waals surface area contributed by atoms with Crippen LogP contribution < -0.4 is 14.8 Å². The molecule has 1 aromatic carbocycles. The SMILES string of the molecule is CC(C)NC(=O)[C@H](C)OC(=O)/C=C/c1cc2c(cc1[N+](=O)[O-])OCO2. The Morgan fingerprint density at radius 1 is 1.28 bits per heavy atom. The number of rotatable bonds is 6. The van der Waals surface area contributed by atoms with E-state index in [1.165, 1.54) is 25.1 Å². The molecule has 0 saturated heterocycles. The van der Waals surface area contributed by atoms with Crippen molar-refractivity contribution in [3.63, 3.8) is 0 Å². The van der Waals surface area contributed by atoms with Gasteiger partial charge in [0.15, 0.2) is 17.6 Å². The molecule has 9 heteroatoms. The predicted octanol–water partition coefficient (Wildman–Crippen LogP) is 1.79. The van der Waals surface area contributed by atoms with E-state index in [4.69, 9.17) is 14.2 Å². The van der Waals surface area contributed by atoms with Crippen LogP contribution in [0, 0.1) is 10.1 Å². The van der Waals surface area contributed by atoms with Crippen LogP contribution in [0.25, 0.3) is 6.08 Å². The van der Waals surface area contributed by atoms with Gasteiger partial charge in [0, 0.05) is 12.1 Å². The van der Waals surface area contributed by atoms with E-state index < -0.39 is 22.9 Å². The molecule has 2 rings (SSSR count). The Kier molecular flexibility index (Phi) is 5.58. The molecule has 1 aromatic rings. The first kappa shape index (κ1) is 18.2. The van der Waals surface area contributed by atoms with Crippen molar-refractivity contribution >= 4 is 23.6 Å². The van der Waals surface area contributed by atoms with Crippen LogP contribution in [0.3, 0.4) is 0 Å². The van der Waals surface area contributed by atoms with Gasteiger partial charge in [-0.25, -0.2) is 4.79 Å². The maximum absolute atomic E-state index is 11.8. The zero-order chi connectivity index (χ0) is 18.6. The fraction of sp³-hybridized carbons (Fsp3) is 0.375. The monoisotopic (exact) mass is 350 g/mol. The van der Waals surface area contributed by atoms with Crippen molar-refractivity contribution in [1.29, 1.82) is 0 Å². The van der Waals surface area contributed by atoms with Gasteiger partial charge in [-0.05, 0) is 32.9 Å². The van der Waals surface area contributed by atoms with Crippen molar-refractivity contribution in [2.45, 2.75) is 32.9 Å². The van der Waals surface area contributed by atoms with E-state index in [1.807, 2.05) is 0 Å². The molecule has 1 amide bonds. The van der Waals surface area contributed by atoms with Gasteiger partial charge in [-0.1, -0.05) is 0 Å². The van der Waals surface area contributed by atoms with Crippen molar-refractivity contribution in [3.05, 3.63) is 33.9 Å². The molecule has 0 spiro atoms. The largest absolute Gasteiger partial charge is 0.454 e. The normalized spacial score (nSPS) is 13.8. The second-order valence-corrected chi connectivity index (χ2v) is 5.60. The number of ether oxygens (including phenoxy) is 3. The molecule has 25 heavy (non-hydrogen) atoms. The molecule has 1 N–H and O–H groups in total. The van der Waals surface area contributed by atoms with Crippen LogP contribution in [0.5, 0.6) is 11.5 Å². The van der Waals surface area contributed by atoms with Gasteiger partial charge in [-0.15, -0.1) is 0 Å². The first-order chi connectivity index (χ1) is 11.8. The Hall–Kier alpha value is -3.10. The van der Waals surface area contributed by atoms with Gasteiger partial charge < -0.3 is 19.5 Å². The highest BCUT2D eigenvalue weighted by Gasteiger charge is 2.22. The summed E-state index contributed by atoms with van der Waals surface area (Å²) in [5.41, 5.74) is -0.0793. The number of fused-ring (bicyclic) bond motifs is 1. The Labute approximate surface area is 143 Å². The number of nitro groups is 1. The lowest BCUT2D eigenvalue weighted by Crippen LogP contribution is -2.39. The van der Waals surface area contributed by atoms with Gasteiger partial charge in [0.2, 0.25) is 6.79 Å². The van der Waals surface area contributed by atoms with Crippen molar-refractivity contribution < 1.29 is 28.7 Å². The van der Waals surface area contributed by atoms with E-state index in [1.54, 1.807) is 13.8 Å². The molecule has 0 aliphatic carbocycles. The minimum absolute atomic E-state index is 0.0236. The lowest BCUT2D eigenvalue weighted by Gasteiger charge is -2.14. The molecule has 1 atom stereocenters. The molecular formula is C16H18N2O7. The molecule has 0 aromatic heterocycles. The Bertz CT molecular complexity index is 727. The minimum atomic E-state index is -0.980. The van der Waals surface area contributed by atoms with Gasteiger partial charge in [-0.2, -0.15) is 0 Å². The fourth-order valence-electron chi connectivity index (χ4n) is 2.07. The molecule has 134 valence electrons. The van der Waals surface area contributed by atoms with Gasteiger partial charge >= 0.3 is 5.97 Å². The van der Waals surface area contributed by atoms with Gasteiger partial charge in [0.1, 0.15) is 0 Å². The van der Waals surface area contributed by atoms with Gasteiger partial charge in [0.25, 0.3) is 11.6 Å². The number of benzene rings is 1. The molecule has 0 bridgehead atoms. The Balaban J connectivity index is 2.09. The second-order valence-electron chi connectivity index (χ2n) is 5.60. The molecule has 0 saturated carbocycles. The molecule has 0 radical (unpaired) electrons. The minimum Gasteiger partial charge on any atom is -0.454 e. The van der Waals surface area contributed by atoms with E-state index in [0.717, 1.165) is 6.08 Å². The Morgan fingerprint density at radius 2 is 1.92 bits per heavy atom. The van der Waals surface area contributed by atoms with E-state index in [0.29, 0.717) is 5.75 Å². The first-order valence-corrected chi connectivity index (χ1v) is 7.55. The van der Waals surface area contributed by atoms with Crippen LogP contribution >= 0.6 is 0 Å². The summed E-state index contributed by atoms with van der Waals surface area (Å²) in [5, 5.41) is 13.8. The maximum Gasteiger partial charge on any atom is 0.331 e. The molecule has 1 aliphatic heterocycles. The van der Waals surface area contributed by atoms with E-state index >= 15 is 0 Å². The van der Waals surface area contributed by atoms with Crippen molar-refractivity contribution in [2.24, 2.45) is 0 Å². The average Bonchev–Trinajstić information content (AvgIpc) is 2.98. The summed E-state index contributed by atoms with van der Waals surface area (Å²) in [4.78, 5) is 34.1. The van der Waals surface area contributed by atoms with Crippen LogP contribution in [0.15, 0.2) is 18.2 Å². The van der Waals surface area contributed by atoms with Crippen LogP contribution in [0.1, 0.15) is 26.3 Å². The summed E-state index contributed by atoms with van der Waals surface area (Å²) < 4.78 is 15.2.